The second-order valence-corrected chi connectivity index (χ2v) is 5.31. The smallest absolute Gasteiger partial charge is 0.339 e. The molecule has 0 aliphatic carbocycles. The minimum atomic E-state index is -1.02. The van der Waals surface area contributed by atoms with Gasteiger partial charge < -0.3 is 19.3 Å². The number of H-pyrrole nitrogens is 1. The molecule has 0 radical (unpaired) electrons. The molecule has 0 aromatic carbocycles. The van der Waals surface area contributed by atoms with Gasteiger partial charge in [-0.05, 0) is 33.3 Å². The molecule has 1 rings (SSSR count). The molecule has 0 saturated heterocycles. The number of ether oxygens (including phenoxy) is 2. The third kappa shape index (κ3) is 4.51. The van der Waals surface area contributed by atoms with Crippen LogP contribution in [-0.2, 0) is 19.1 Å². The minimum Gasteiger partial charge on any atom is -0.465 e. The van der Waals surface area contributed by atoms with Gasteiger partial charge in [0.1, 0.15) is 5.78 Å². The first-order valence-electron chi connectivity index (χ1n) is 7.19. The van der Waals surface area contributed by atoms with Crippen molar-refractivity contribution < 1.29 is 28.7 Å². The van der Waals surface area contributed by atoms with Gasteiger partial charge >= 0.3 is 11.9 Å². The van der Waals surface area contributed by atoms with Gasteiger partial charge in [0, 0.05) is 12.1 Å². The summed E-state index contributed by atoms with van der Waals surface area (Å²) in [5.74, 6) is -1.73. The van der Waals surface area contributed by atoms with Crippen molar-refractivity contribution in [2.45, 2.75) is 46.6 Å². The molecule has 0 amide bonds. The molecular weight excluding hydrogens is 302 g/mol. The van der Waals surface area contributed by atoms with Gasteiger partial charge in [-0.3, -0.25) is 9.59 Å². The van der Waals surface area contributed by atoms with E-state index in [1.54, 1.807) is 13.8 Å². The fourth-order valence-electron chi connectivity index (χ4n) is 2.20. The molecule has 0 fully saturated rings. The second-order valence-electron chi connectivity index (χ2n) is 5.31. The highest BCUT2D eigenvalue weighted by atomic mass is 16.5. The van der Waals surface area contributed by atoms with Crippen molar-refractivity contribution in [3.8, 4) is 0 Å². The maximum atomic E-state index is 12.4. The highest BCUT2D eigenvalue weighted by molar-refractivity contribution is 6.04. The molecule has 1 aromatic heterocycles. The lowest BCUT2D eigenvalue weighted by molar-refractivity contribution is -0.147. The zero-order chi connectivity index (χ0) is 17.7. The van der Waals surface area contributed by atoms with E-state index >= 15 is 0 Å². The summed E-state index contributed by atoms with van der Waals surface area (Å²) in [6.45, 7) is 6.09. The largest absolute Gasteiger partial charge is 0.465 e. The molecular formula is C16H21NO6. The first kappa shape index (κ1) is 18.6. The van der Waals surface area contributed by atoms with E-state index in [0.29, 0.717) is 16.8 Å². The standard InChI is InChI=1S/C16H21NO6/c1-8(18)6-7-12(19)23-11(4)15(20)14-9(2)13(10(3)17-14)16(21)22-5/h11,17H,6-7H2,1-5H3/t11-/m1/s1. The number of esters is 2. The highest BCUT2D eigenvalue weighted by Crippen LogP contribution is 2.20. The molecule has 0 aliphatic rings. The van der Waals surface area contributed by atoms with Gasteiger partial charge in [-0.25, -0.2) is 4.79 Å². The third-order valence-corrected chi connectivity index (χ3v) is 3.43. The van der Waals surface area contributed by atoms with Gasteiger partial charge in [0.25, 0.3) is 0 Å². The Kier molecular flexibility index (Phi) is 6.24. The van der Waals surface area contributed by atoms with Crippen LogP contribution in [0.3, 0.4) is 0 Å². The van der Waals surface area contributed by atoms with Crippen LogP contribution in [-0.4, -0.2) is 41.7 Å². The van der Waals surface area contributed by atoms with Crippen molar-refractivity contribution in [2.75, 3.05) is 7.11 Å². The SMILES string of the molecule is COC(=O)c1c(C)[nH]c(C(=O)[C@@H](C)OC(=O)CCC(C)=O)c1C. The number of hydrogen-bond acceptors (Lipinski definition) is 6. The molecule has 1 N–H and O–H groups in total. The molecule has 1 aromatic rings. The fraction of sp³-hybridized carbons (Fsp3) is 0.500. The van der Waals surface area contributed by atoms with Crippen LogP contribution in [0.5, 0.6) is 0 Å². The molecule has 1 heterocycles. The van der Waals surface area contributed by atoms with Crippen molar-refractivity contribution in [3.63, 3.8) is 0 Å². The Hall–Kier alpha value is -2.44. The summed E-state index contributed by atoms with van der Waals surface area (Å²) in [7, 11) is 1.26. The van der Waals surface area contributed by atoms with E-state index in [4.69, 9.17) is 4.74 Å². The maximum Gasteiger partial charge on any atom is 0.339 e. The molecule has 126 valence electrons. The quantitative estimate of drug-likeness (QED) is 0.607. The van der Waals surface area contributed by atoms with Gasteiger partial charge in [-0.1, -0.05) is 0 Å². The van der Waals surface area contributed by atoms with E-state index < -0.39 is 23.8 Å². The maximum absolute atomic E-state index is 12.4. The summed E-state index contributed by atoms with van der Waals surface area (Å²) < 4.78 is 9.71. The monoisotopic (exact) mass is 323 g/mol. The summed E-state index contributed by atoms with van der Waals surface area (Å²) in [6.07, 6.45) is -1.01. The van der Waals surface area contributed by atoms with E-state index in [1.165, 1.54) is 21.0 Å². The number of carbonyl (C=O) groups excluding carboxylic acids is 4. The molecule has 0 spiro atoms. The van der Waals surface area contributed by atoms with Crippen LogP contribution >= 0.6 is 0 Å². The average Bonchev–Trinajstić information content (AvgIpc) is 2.78. The number of carbonyl (C=O) groups is 4. The first-order valence-corrected chi connectivity index (χ1v) is 7.19. The van der Waals surface area contributed by atoms with Gasteiger partial charge in [-0.2, -0.15) is 0 Å². The summed E-state index contributed by atoms with van der Waals surface area (Å²) in [4.78, 5) is 49.4. The normalized spacial score (nSPS) is 11.7. The van der Waals surface area contributed by atoms with Gasteiger partial charge in [0.05, 0.1) is 24.8 Å². The Morgan fingerprint density at radius 2 is 1.74 bits per heavy atom. The highest BCUT2D eigenvalue weighted by Gasteiger charge is 2.27. The Bertz CT molecular complexity index is 643. The van der Waals surface area contributed by atoms with Crippen LogP contribution in [0.1, 0.15) is 58.8 Å². The van der Waals surface area contributed by atoms with Crippen LogP contribution in [0.15, 0.2) is 0 Å². The summed E-state index contributed by atoms with van der Waals surface area (Å²) in [6, 6.07) is 0. The number of hydrogen-bond donors (Lipinski definition) is 1. The average molecular weight is 323 g/mol. The lowest BCUT2D eigenvalue weighted by Gasteiger charge is -2.12. The predicted octanol–water partition coefficient (Wildman–Crippen LogP) is 1.90. The second kappa shape index (κ2) is 7.71. The van der Waals surface area contributed by atoms with Gasteiger partial charge in [-0.15, -0.1) is 0 Å². The molecule has 7 nitrogen and oxygen atoms in total. The molecule has 0 bridgehead atoms. The number of rotatable bonds is 7. The zero-order valence-corrected chi connectivity index (χ0v) is 13.9. The summed E-state index contributed by atoms with van der Waals surface area (Å²) in [5.41, 5.74) is 1.46. The molecule has 0 saturated carbocycles. The fourth-order valence-corrected chi connectivity index (χ4v) is 2.20. The lowest BCUT2D eigenvalue weighted by Crippen LogP contribution is -2.25. The molecule has 23 heavy (non-hydrogen) atoms. The Morgan fingerprint density at radius 3 is 2.26 bits per heavy atom. The third-order valence-electron chi connectivity index (χ3n) is 3.43. The van der Waals surface area contributed by atoms with Crippen LogP contribution in [0.25, 0.3) is 0 Å². The number of Topliss-reactive ketones (excluding diaryl/α,β-unsaturated/α-hetero) is 2. The number of ketones is 2. The number of nitrogens with one attached hydrogen (secondary N) is 1. The van der Waals surface area contributed by atoms with Gasteiger partial charge in [0.15, 0.2) is 6.10 Å². The van der Waals surface area contributed by atoms with Crippen LogP contribution in [0, 0.1) is 13.8 Å². The van der Waals surface area contributed by atoms with Crippen LogP contribution in [0.2, 0.25) is 0 Å². The van der Waals surface area contributed by atoms with Gasteiger partial charge in [0.2, 0.25) is 5.78 Å². The molecule has 7 heteroatoms. The predicted molar refractivity (Wildman–Crippen MR) is 81.4 cm³/mol. The van der Waals surface area contributed by atoms with Crippen LogP contribution < -0.4 is 0 Å². The topological polar surface area (TPSA) is 103 Å². The number of methoxy groups -OCH3 is 1. The molecule has 1 atom stereocenters. The van der Waals surface area contributed by atoms with E-state index in [2.05, 4.69) is 9.72 Å². The summed E-state index contributed by atoms with van der Waals surface area (Å²) in [5, 5.41) is 0. The Labute approximate surface area is 134 Å². The number of aromatic amines is 1. The van der Waals surface area contributed by atoms with E-state index in [-0.39, 0.29) is 24.3 Å². The number of aromatic nitrogens is 1. The van der Waals surface area contributed by atoms with E-state index in [0.717, 1.165) is 0 Å². The Morgan fingerprint density at radius 1 is 1.13 bits per heavy atom. The molecule has 0 aliphatic heterocycles. The minimum absolute atomic E-state index is 0.0664. The molecule has 0 unspecified atom stereocenters. The van der Waals surface area contributed by atoms with E-state index in [1.807, 2.05) is 0 Å². The van der Waals surface area contributed by atoms with Crippen molar-refractivity contribution in [2.24, 2.45) is 0 Å². The Balaban J connectivity index is 2.87. The first-order chi connectivity index (χ1) is 10.7. The summed E-state index contributed by atoms with van der Waals surface area (Å²) >= 11 is 0. The van der Waals surface area contributed by atoms with Crippen molar-refractivity contribution >= 4 is 23.5 Å². The van der Waals surface area contributed by atoms with Crippen molar-refractivity contribution in [1.82, 2.24) is 4.98 Å². The lowest BCUT2D eigenvalue weighted by atomic mass is 10.1. The van der Waals surface area contributed by atoms with Crippen molar-refractivity contribution in [1.29, 1.82) is 0 Å². The van der Waals surface area contributed by atoms with Crippen LogP contribution in [0.4, 0.5) is 0 Å². The number of aryl methyl sites for hydroxylation is 1. The van der Waals surface area contributed by atoms with E-state index in [9.17, 15) is 19.2 Å². The van der Waals surface area contributed by atoms with Crippen molar-refractivity contribution in [3.05, 3.63) is 22.5 Å². The zero-order valence-electron chi connectivity index (χ0n) is 13.9.